The van der Waals surface area contributed by atoms with Gasteiger partial charge in [0.15, 0.2) is 0 Å². The average molecular weight is 309 g/mol. The number of furan rings is 1. The second kappa shape index (κ2) is 6.41. The first kappa shape index (κ1) is 15.1. The molecule has 1 atom stereocenters. The number of nitrogens with zero attached hydrogens (tertiary/aromatic N) is 1. The summed E-state index contributed by atoms with van der Waals surface area (Å²) in [6, 6.07) is 5.65. The number of halogens is 1. The van der Waals surface area contributed by atoms with Gasteiger partial charge in [0.1, 0.15) is 5.02 Å². The van der Waals surface area contributed by atoms with Gasteiger partial charge in [-0.1, -0.05) is 11.6 Å². The predicted octanol–water partition coefficient (Wildman–Crippen LogP) is 3.20. The second-order valence-electron chi connectivity index (χ2n) is 4.63. The van der Waals surface area contributed by atoms with Crippen molar-refractivity contribution in [3.8, 4) is 0 Å². The molecule has 1 aromatic heterocycles. The van der Waals surface area contributed by atoms with Crippen LogP contribution < -0.4 is 5.32 Å². The van der Waals surface area contributed by atoms with Crippen molar-refractivity contribution in [1.82, 2.24) is 5.32 Å². The van der Waals surface area contributed by atoms with Crippen molar-refractivity contribution in [3.05, 3.63) is 63.1 Å². The normalized spacial score (nSPS) is 11.9. The van der Waals surface area contributed by atoms with E-state index < -0.39 is 4.92 Å². The average Bonchev–Trinajstić information content (AvgIpc) is 2.91. The van der Waals surface area contributed by atoms with Crippen molar-refractivity contribution < 1.29 is 14.1 Å². The summed E-state index contributed by atoms with van der Waals surface area (Å²) in [6.45, 7) is 1.84. The van der Waals surface area contributed by atoms with E-state index in [-0.39, 0.29) is 28.2 Å². The van der Waals surface area contributed by atoms with Crippen molar-refractivity contribution in [1.29, 1.82) is 0 Å². The molecule has 2 aromatic rings. The number of nitro benzene ring substituents is 1. The fourth-order valence-electron chi connectivity index (χ4n) is 1.91. The van der Waals surface area contributed by atoms with Crippen LogP contribution >= 0.6 is 11.6 Å². The summed E-state index contributed by atoms with van der Waals surface area (Å²) in [5.41, 5.74) is 0.877. The van der Waals surface area contributed by atoms with Gasteiger partial charge in [-0.05, 0) is 37.1 Å². The molecule has 0 aliphatic heterocycles. The molecule has 6 nitrogen and oxygen atoms in total. The van der Waals surface area contributed by atoms with E-state index >= 15 is 0 Å². The molecule has 1 heterocycles. The first-order chi connectivity index (χ1) is 9.97. The molecule has 0 saturated carbocycles. The van der Waals surface area contributed by atoms with Crippen LogP contribution in [0, 0.1) is 10.1 Å². The van der Waals surface area contributed by atoms with Crippen LogP contribution in [0.4, 0.5) is 5.69 Å². The molecule has 110 valence electrons. The Bertz CT molecular complexity index is 655. The zero-order valence-electron chi connectivity index (χ0n) is 11.2. The summed E-state index contributed by atoms with van der Waals surface area (Å²) in [6.07, 6.45) is 3.78. The Hall–Kier alpha value is -2.34. The summed E-state index contributed by atoms with van der Waals surface area (Å²) in [7, 11) is 0. The number of nitrogens with one attached hydrogen (secondary N) is 1. The smallest absolute Gasteiger partial charge is 0.288 e. The molecule has 0 aliphatic carbocycles. The molecule has 1 unspecified atom stereocenters. The third-order valence-electron chi connectivity index (χ3n) is 2.90. The van der Waals surface area contributed by atoms with Gasteiger partial charge in [0.2, 0.25) is 0 Å². The van der Waals surface area contributed by atoms with Gasteiger partial charge in [-0.3, -0.25) is 14.9 Å². The monoisotopic (exact) mass is 308 g/mol. The third-order valence-corrected chi connectivity index (χ3v) is 3.22. The summed E-state index contributed by atoms with van der Waals surface area (Å²) >= 11 is 5.71. The minimum Gasteiger partial charge on any atom is -0.472 e. The quantitative estimate of drug-likeness (QED) is 0.679. The lowest BCUT2D eigenvalue weighted by atomic mass is 10.1. The molecule has 0 bridgehead atoms. The zero-order valence-corrected chi connectivity index (χ0v) is 12.0. The summed E-state index contributed by atoms with van der Waals surface area (Å²) in [5, 5.41) is 13.6. The molecular weight excluding hydrogens is 296 g/mol. The lowest BCUT2D eigenvalue weighted by Crippen LogP contribution is -2.34. The Morgan fingerprint density at radius 1 is 1.48 bits per heavy atom. The fraction of sp³-hybridized carbons (Fsp3) is 0.214. The lowest BCUT2D eigenvalue weighted by Gasteiger charge is -2.13. The van der Waals surface area contributed by atoms with Crippen molar-refractivity contribution >= 4 is 23.2 Å². The van der Waals surface area contributed by atoms with Gasteiger partial charge in [0.05, 0.1) is 17.4 Å². The molecule has 1 N–H and O–H groups in total. The highest BCUT2D eigenvalue weighted by Crippen LogP contribution is 2.25. The zero-order chi connectivity index (χ0) is 15.4. The molecule has 7 heteroatoms. The Balaban J connectivity index is 2.06. The maximum absolute atomic E-state index is 12.1. The number of rotatable bonds is 5. The van der Waals surface area contributed by atoms with Crippen LogP contribution in [0.5, 0.6) is 0 Å². The molecule has 0 saturated heterocycles. The number of benzene rings is 1. The Kier molecular flexibility index (Phi) is 4.59. The van der Waals surface area contributed by atoms with Crippen LogP contribution in [-0.2, 0) is 6.42 Å². The Labute approximate surface area is 125 Å². The van der Waals surface area contributed by atoms with Crippen molar-refractivity contribution in [2.24, 2.45) is 0 Å². The van der Waals surface area contributed by atoms with E-state index in [0.717, 1.165) is 5.56 Å². The van der Waals surface area contributed by atoms with Gasteiger partial charge in [-0.2, -0.15) is 0 Å². The van der Waals surface area contributed by atoms with E-state index in [9.17, 15) is 14.9 Å². The van der Waals surface area contributed by atoms with E-state index in [0.29, 0.717) is 6.42 Å². The number of amides is 1. The molecule has 1 aromatic carbocycles. The molecule has 1 amide bonds. The van der Waals surface area contributed by atoms with Crippen LogP contribution in [0.1, 0.15) is 22.8 Å². The van der Waals surface area contributed by atoms with Crippen LogP contribution in [-0.4, -0.2) is 16.9 Å². The van der Waals surface area contributed by atoms with E-state index in [2.05, 4.69) is 5.32 Å². The van der Waals surface area contributed by atoms with Crippen LogP contribution in [0.15, 0.2) is 41.2 Å². The SMILES string of the molecule is CC(Cc1ccoc1)NC(=O)c1ccc(Cl)c([N+](=O)[O-])c1. The van der Waals surface area contributed by atoms with E-state index in [1.165, 1.54) is 18.2 Å². The van der Waals surface area contributed by atoms with E-state index in [1.807, 2.05) is 13.0 Å². The summed E-state index contributed by atoms with van der Waals surface area (Å²) in [5.74, 6) is -0.384. The standard InChI is InChI=1S/C14H13ClN2O4/c1-9(6-10-4-5-21-8-10)16-14(18)11-2-3-12(15)13(7-11)17(19)20/h2-5,7-9H,6H2,1H3,(H,16,18). The molecular formula is C14H13ClN2O4. The van der Waals surface area contributed by atoms with Crippen LogP contribution in [0.25, 0.3) is 0 Å². The minimum atomic E-state index is -0.617. The number of hydrogen-bond donors (Lipinski definition) is 1. The first-order valence-electron chi connectivity index (χ1n) is 6.23. The number of carbonyl (C=O) groups excluding carboxylic acids is 1. The molecule has 0 aliphatic rings. The largest absolute Gasteiger partial charge is 0.472 e. The predicted molar refractivity (Wildman–Crippen MR) is 77.4 cm³/mol. The second-order valence-corrected chi connectivity index (χ2v) is 5.04. The van der Waals surface area contributed by atoms with E-state index in [4.69, 9.17) is 16.0 Å². The maximum atomic E-state index is 12.1. The van der Waals surface area contributed by atoms with Crippen LogP contribution in [0.3, 0.4) is 0 Å². The third kappa shape index (κ3) is 3.82. The van der Waals surface area contributed by atoms with Crippen LogP contribution in [0.2, 0.25) is 5.02 Å². The number of hydrogen-bond acceptors (Lipinski definition) is 4. The minimum absolute atomic E-state index is 0.00277. The van der Waals surface area contributed by atoms with Gasteiger partial charge in [0.25, 0.3) is 11.6 Å². The van der Waals surface area contributed by atoms with Gasteiger partial charge in [0, 0.05) is 17.7 Å². The van der Waals surface area contributed by atoms with Gasteiger partial charge in [-0.25, -0.2) is 0 Å². The fourth-order valence-corrected chi connectivity index (χ4v) is 2.10. The Morgan fingerprint density at radius 2 is 2.24 bits per heavy atom. The topological polar surface area (TPSA) is 85.4 Å². The molecule has 0 spiro atoms. The van der Waals surface area contributed by atoms with Crippen molar-refractivity contribution in [2.45, 2.75) is 19.4 Å². The highest BCUT2D eigenvalue weighted by atomic mass is 35.5. The van der Waals surface area contributed by atoms with Crippen molar-refractivity contribution in [2.75, 3.05) is 0 Å². The Morgan fingerprint density at radius 3 is 2.86 bits per heavy atom. The van der Waals surface area contributed by atoms with Gasteiger partial charge >= 0.3 is 0 Å². The lowest BCUT2D eigenvalue weighted by molar-refractivity contribution is -0.384. The highest BCUT2D eigenvalue weighted by Gasteiger charge is 2.17. The highest BCUT2D eigenvalue weighted by molar-refractivity contribution is 6.32. The maximum Gasteiger partial charge on any atom is 0.288 e. The van der Waals surface area contributed by atoms with E-state index in [1.54, 1.807) is 12.5 Å². The summed E-state index contributed by atoms with van der Waals surface area (Å²) < 4.78 is 4.96. The molecule has 2 rings (SSSR count). The summed E-state index contributed by atoms with van der Waals surface area (Å²) in [4.78, 5) is 22.3. The molecule has 0 radical (unpaired) electrons. The van der Waals surface area contributed by atoms with Gasteiger partial charge in [-0.15, -0.1) is 0 Å². The molecule has 21 heavy (non-hydrogen) atoms. The number of nitro groups is 1. The number of carbonyl (C=O) groups is 1. The molecule has 0 fully saturated rings. The van der Waals surface area contributed by atoms with Crippen molar-refractivity contribution in [3.63, 3.8) is 0 Å². The first-order valence-corrected chi connectivity index (χ1v) is 6.61. The van der Waals surface area contributed by atoms with Gasteiger partial charge < -0.3 is 9.73 Å².